The van der Waals surface area contributed by atoms with Crippen molar-refractivity contribution in [2.45, 2.75) is 31.8 Å². The minimum atomic E-state index is -0.499. The van der Waals surface area contributed by atoms with Gasteiger partial charge in [0.2, 0.25) is 5.91 Å². The predicted octanol–water partition coefficient (Wildman–Crippen LogP) is 5.87. The van der Waals surface area contributed by atoms with Crippen LogP contribution in [0.5, 0.6) is 5.75 Å². The Bertz CT molecular complexity index is 1240. The number of halogens is 2. The highest BCUT2D eigenvalue weighted by Crippen LogP contribution is 2.41. The number of carbonyl (C=O) groups excluding carboxylic acids is 1. The van der Waals surface area contributed by atoms with E-state index in [-0.39, 0.29) is 18.0 Å². The van der Waals surface area contributed by atoms with E-state index in [0.29, 0.717) is 16.6 Å². The molecule has 5 rings (SSSR count). The molecule has 1 fully saturated rings. The van der Waals surface area contributed by atoms with Gasteiger partial charge >= 0.3 is 0 Å². The number of nitrogens with zero attached hydrogens (tertiary/aromatic N) is 4. The van der Waals surface area contributed by atoms with Gasteiger partial charge in [-0.1, -0.05) is 41.4 Å². The normalized spacial score (nSPS) is 22.1. The predicted molar refractivity (Wildman–Crippen MR) is 130 cm³/mol. The molecule has 0 aliphatic carbocycles. The summed E-state index contributed by atoms with van der Waals surface area (Å²) in [7, 11) is 1.65. The Morgan fingerprint density at radius 2 is 1.94 bits per heavy atom. The largest absolute Gasteiger partial charge is 0.497 e. The van der Waals surface area contributed by atoms with Crippen LogP contribution >= 0.6 is 23.2 Å². The summed E-state index contributed by atoms with van der Waals surface area (Å²) in [5, 5.41) is 5.43. The molecule has 2 unspecified atom stereocenters. The van der Waals surface area contributed by atoms with Crippen LogP contribution in [-0.4, -0.2) is 40.0 Å². The van der Waals surface area contributed by atoms with Crippen molar-refractivity contribution in [1.82, 2.24) is 14.7 Å². The molecule has 3 atom stereocenters. The van der Waals surface area contributed by atoms with Gasteiger partial charge in [-0.2, -0.15) is 5.10 Å². The van der Waals surface area contributed by atoms with Gasteiger partial charge in [0, 0.05) is 18.3 Å². The van der Waals surface area contributed by atoms with Crippen molar-refractivity contribution in [3.63, 3.8) is 0 Å². The Hall–Kier alpha value is -2.83. The SMILES string of the molecule is COc1cccc([C@@H]2CCCN2C(=O)C2C(C)=Nc3ccnn3C2c2ccc(Cl)c(Cl)c2)c1. The van der Waals surface area contributed by atoms with E-state index in [1.54, 1.807) is 19.4 Å². The van der Waals surface area contributed by atoms with Crippen LogP contribution in [0.1, 0.15) is 43.0 Å². The van der Waals surface area contributed by atoms with E-state index in [1.165, 1.54) is 0 Å². The summed E-state index contributed by atoms with van der Waals surface area (Å²) in [4.78, 5) is 20.8. The van der Waals surface area contributed by atoms with Gasteiger partial charge in [0.05, 0.1) is 35.4 Å². The van der Waals surface area contributed by atoms with Crippen molar-refractivity contribution < 1.29 is 9.53 Å². The fourth-order valence-electron chi connectivity index (χ4n) is 4.98. The topological polar surface area (TPSA) is 59.7 Å². The zero-order valence-corrected chi connectivity index (χ0v) is 19.9. The fourth-order valence-corrected chi connectivity index (χ4v) is 5.28. The highest BCUT2D eigenvalue weighted by molar-refractivity contribution is 6.42. The molecule has 0 N–H and O–H groups in total. The molecule has 0 radical (unpaired) electrons. The minimum Gasteiger partial charge on any atom is -0.497 e. The monoisotopic (exact) mass is 482 g/mol. The number of amides is 1. The van der Waals surface area contributed by atoms with Crippen molar-refractivity contribution in [2.75, 3.05) is 13.7 Å². The molecular weight excluding hydrogens is 459 g/mol. The molecule has 1 amide bonds. The molecule has 3 heterocycles. The molecule has 2 aromatic carbocycles. The van der Waals surface area contributed by atoms with Gasteiger partial charge in [0.25, 0.3) is 0 Å². The summed E-state index contributed by atoms with van der Waals surface area (Å²) in [6.07, 6.45) is 3.56. The number of methoxy groups -OCH3 is 1. The second-order valence-electron chi connectivity index (χ2n) is 8.45. The van der Waals surface area contributed by atoms with Crippen LogP contribution in [0.4, 0.5) is 5.82 Å². The van der Waals surface area contributed by atoms with Gasteiger partial charge in [-0.15, -0.1) is 0 Å². The number of rotatable bonds is 4. The summed E-state index contributed by atoms with van der Waals surface area (Å²) in [6, 6.07) is 14.9. The molecule has 1 saturated heterocycles. The van der Waals surface area contributed by atoms with E-state index >= 15 is 0 Å². The quantitative estimate of drug-likeness (QED) is 0.466. The molecular formula is C25H24Cl2N4O2. The zero-order valence-electron chi connectivity index (χ0n) is 18.4. The summed E-state index contributed by atoms with van der Waals surface area (Å²) in [5.41, 5.74) is 2.72. The lowest BCUT2D eigenvalue weighted by atomic mass is 9.86. The lowest BCUT2D eigenvalue weighted by Gasteiger charge is -2.36. The van der Waals surface area contributed by atoms with E-state index in [2.05, 4.69) is 11.2 Å². The summed E-state index contributed by atoms with van der Waals surface area (Å²) >= 11 is 12.5. The van der Waals surface area contributed by atoms with E-state index in [0.717, 1.165) is 41.2 Å². The number of fused-ring (bicyclic) bond motifs is 1. The number of carbonyl (C=O) groups is 1. The van der Waals surface area contributed by atoms with Crippen LogP contribution in [0, 0.1) is 5.92 Å². The van der Waals surface area contributed by atoms with Gasteiger partial charge in [-0.3, -0.25) is 4.79 Å². The highest BCUT2D eigenvalue weighted by atomic mass is 35.5. The summed E-state index contributed by atoms with van der Waals surface area (Å²) < 4.78 is 7.22. The van der Waals surface area contributed by atoms with Crippen molar-refractivity contribution in [3.8, 4) is 5.75 Å². The van der Waals surface area contributed by atoms with Crippen LogP contribution < -0.4 is 4.74 Å². The maximum atomic E-state index is 14.1. The first-order chi connectivity index (χ1) is 16.0. The molecule has 2 aliphatic heterocycles. The van der Waals surface area contributed by atoms with Crippen LogP contribution in [0.15, 0.2) is 59.7 Å². The van der Waals surface area contributed by atoms with Crippen LogP contribution in [-0.2, 0) is 4.79 Å². The molecule has 33 heavy (non-hydrogen) atoms. The Balaban J connectivity index is 1.55. The molecule has 0 saturated carbocycles. The average Bonchev–Trinajstić information content (AvgIpc) is 3.49. The van der Waals surface area contributed by atoms with E-state index in [4.69, 9.17) is 32.9 Å². The van der Waals surface area contributed by atoms with Crippen molar-refractivity contribution in [1.29, 1.82) is 0 Å². The van der Waals surface area contributed by atoms with Crippen molar-refractivity contribution >= 4 is 40.6 Å². The number of hydrogen-bond acceptors (Lipinski definition) is 4. The Morgan fingerprint density at radius 3 is 2.73 bits per heavy atom. The Labute approximate surface area is 202 Å². The number of aliphatic imine (C=N–C) groups is 1. The first-order valence-corrected chi connectivity index (χ1v) is 11.7. The van der Waals surface area contributed by atoms with Gasteiger partial charge in [0.1, 0.15) is 11.7 Å². The van der Waals surface area contributed by atoms with E-state index < -0.39 is 5.92 Å². The summed E-state index contributed by atoms with van der Waals surface area (Å²) in [5.74, 6) is 1.05. The highest BCUT2D eigenvalue weighted by Gasteiger charge is 2.43. The Kier molecular flexibility index (Phi) is 5.89. The molecule has 2 aliphatic rings. The van der Waals surface area contributed by atoms with Crippen molar-refractivity contribution in [3.05, 3.63) is 75.9 Å². The van der Waals surface area contributed by atoms with Crippen LogP contribution in [0.2, 0.25) is 10.0 Å². The Morgan fingerprint density at radius 1 is 1.09 bits per heavy atom. The second-order valence-corrected chi connectivity index (χ2v) is 9.26. The van der Waals surface area contributed by atoms with E-state index in [1.807, 2.05) is 52.9 Å². The minimum absolute atomic E-state index is 0.00567. The number of likely N-dealkylation sites (tertiary alicyclic amines) is 1. The molecule has 1 aromatic heterocycles. The first kappa shape index (κ1) is 22.0. The number of ether oxygens (including phenoxy) is 1. The van der Waals surface area contributed by atoms with Crippen LogP contribution in [0.3, 0.4) is 0 Å². The molecule has 3 aromatic rings. The standard InChI is InChI=1S/C25H24Cl2N4O2/c1-15-23(25(32)30-12-4-7-21(30)16-5-3-6-18(13-16)33-2)24(31-22(29-15)10-11-28-31)17-8-9-19(26)20(27)14-17/h3,5-6,8-11,13-14,21,23-24H,4,7,12H2,1-2H3/t21-,23?,24?/m0/s1. The third-order valence-corrected chi connectivity index (χ3v) is 7.27. The molecule has 6 nitrogen and oxygen atoms in total. The maximum Gasteiger partial charge on any atom is 0.234 e. The number of aromatic nitrogens is 2. The molecule has 170 valence electrons. The zero-order chi connectivity index (χ0) is 23.1. The number of hydrogen-bond donors (Lipinski definition) is 0. The summed E-state index contributed by atoms with van der Waals surface area (Å²) in [6.45, 7) is 2.62. The molecule has 0 bridgehead atoms. The van der Waals surface area contributed by atoms with Crippen LogP contribution in [0.25, 0.3) is 0 Å². The van der Waals surface area contributed by atoms with Gasteiger partial charge < -0.3 is 9.64 Å². The van der Waals surface area contributed by atoms with Gasteiger partial charge in [-0.25, -0.2) is 9.67 Å². The smallest absolute Gasteiger partial charge is 0.234 e. The average molecular weight is 483 g/mol. The van der Waals surface area contributed by atoms with Crippen molar-refractivity contribution in [2.24, 2.45) is 10.9 Å². The third-order valence-electron chi connectivity index (χ3n) is 6.54. The van der Waals surface area contributed by atoms with E-state index in [9.17, 15) is 4.79 Å². The number of benzene rings is 2. The molecule has 0 spiro atoms. The molecule has 8 heteroatoms. The van der Waals surface area contributed by atoms with Gasteiger partial charge in [0.15, 0.2) is 5.82 Å². The third kappa shape index (κ3) is 3.91. The second kappa shape index (κ2) is 8.84. The lowest BCUT2D eigenvalue weighted by Crippen LogP contribution is -2.44. The lowest BCUT2D eigenvalue weighted by molar-refractivity contribution is -0.135. The maximum absolute atomic E-state index is 14.1. The fraction of sp³-hybridized carbons (Fsp3) is 0.320. The first-order valence-electron chi connectivity index (χ1n) is 11.0. The van der Waals surface area contributed by atoms with Gasteiger partial charge in [-0.05, 0) is 55.2 Å².